The number of methoxy groups -OCH3 is 1. The van der Waals surface area contributed by atoms with Gasteiger partial charge in [0.1, 0.15) is 12.4 Å². The number of esters is 1. The summed E-state index contributed by atoms with van der Waals surface area (Å²) >= 11 is 0. The highest BCUT2D eigenvalue weighted by Crippen LogP contribution is 2.47. The lowest BCUT2D eigenvalue weighted by atomic mass is 9.59. The van der Waals surface area contributed by atoms with E-state index in [4.69, 9.17) is 18.9 Å². The van der Waals surface area contributed by atoms with Crippen molar-refractivity contribution in [2.45, 2.75) is 102 Å². The number of carbonyl (C=O) groups excluding carboxylic acids is 2. The van der Waals surface area contributed by atoms with E-state index in [9.17, 15) is 9.59 Å². The maximum Gasteiger partial charge on any atom is 0.407 e. The maximum atomic E-state index is 13.0. The molecule has 0 radical (unpaired) electrons. The van der Waals surface area contributed by atoms with E-state index in [0.29, 0.717) is 18.1 Å². The first kappa shape index (κ1) is 32.0. The molecule has 0 unspecified atom stereocenters. The molecule has 2 aromatic rings. The molecule has 42 heavy (non-hydrogen) atoms. The molecule has 0 saturated heterocycles. The van der Waals surface area contributed by atoms with Gasteiger partial charge in [0.15, 0.2) is 0 Å². The van der Waals surface area contributed by atoms with Crippen molar-refractivity contribution in [2.75, 3.05) is 26.9 Å². The number of rotatable bonds is 15. The van der Waals surface area contributed by atoms with Gasteiger partial charge in [-0.2, -0.15) is 0 Å². The number of hydrogen-bond acceptors (Lipinski definition) is 6. The predicted octanol–water partition coefficient (Wildman–Crippen LogP) is 7.28. The Labute approximate surface area is 251 Å². The summed E-state index contributed by atoms with van der Waals surface area (Å²) < 4.78 is 22.1. The second-order valence-electron chi connectivity index (χ2n) is 12.1. The van der Waals surface area contributed by atoms with E-state index >= 15 is 0 Å². The van der Waals surface area contributed by atoms with Crippen LogP contribution in [-0.4, -0.2) is 45.0 Å². The molecule has 1 amide bonds. The van der Waals surface area contributed by atoms with Crippen molar-refractivity contribution in [3.8, 4) is 5.75 Å². The van der Waals surface area contributed by atoms with E-state index < -0.39 is 0 Å². The number of nitrogens with one attached hydrogen (secondary N) is 1. The van der Waals surface area contributed by atoms with Crippen LogP contribution in [0.1, 0.15) is 94.2 Å². The Morgan fingerprint density at radius 2 is 1.71 bits per heavy atom. The van der Waals surface area contributed by atoms with Crippen molar-refractivity contribution in [2.24, 2.45) is 5.92 Å². The Morgan fingerprint density at radius 3 is 2.52 bits per heavy atom. The van der Waals surface area contributed by atoms with Crippen molar-refractivity contribution in [3.63, 3.8) is 0 Å². The highest BCUT2D eigenvalue weighted by Gasteiger charge is 2.46. The zero-order valence-corrected chi connectivity index (χ0v) is 25.5. The molecule has 1 saturated carbocycles. The Kier molecular flexibility index (Phi) is 12.7. The van der Waals surface area contributed by atoms with Gasteiger partial charge in [0, 0.05) is 44.8 Å². The van der Waals surface area contributed by atoms with Gasteiger partial charge in [-0.1, -0.05) is 69.0 Å². The van der Waals surface area contributed by atoms with Crippen LogP contribution in [0.4, 0.5) is 4.79 Å². The van der Waals surface area contributed by atoms with Crippen LogP contribution < -0.4 is 10.1 Å². The van der Waals surface area contributed by atoms with Crippen LogP contribution in [-0.2, 0) is 37.4 Å². The summed E-state index contributed by atoms with van der Waals surface area (Å²) in [6, 6.07) is 15.8. The molecular formula is C35H49NO6. The summed E-state index contributed by atoms with van der Waals surface area (Å²) in [6.45, 7) is 4.77. The number of hydrogen-bond donors (Lipinski definition) is 1. The van der Waals surface area contributed by atoms with Gasteiger partial charge in [0.05, 0.1) is 0 Å². The zero-order chi connectivity index (χ0) is 29.6. The third-order valence-corrected chi connectivity index (χ3v) is 8.88. The van der Waals surface area contributed by atoms with Gasteiger partial charge in [-0.05, 0) is 79.7 Å². The SMILES string of the molecule is COCCCCOCCCCCC(=O)Oc1ccc2c(c1)[C@@]1(C)CCCCC[C@@H](C2)[C@@H]1NC(=O)OCc1ccccc1. The highest BCUT2D eigenvalue weighted by atomic mass is 16.5. The number of ether oxygens (including phenoxy) is 4. The van der Waals surface area contributed by atoms with Crippen molar-refractivity contribution < 1.29 is 28.5 Å². The summed E-state index contributed by atoms with van der Waals surface area (Å²) in [5.74, 6) is 0.728. The third-order valence-electron chi connectivity index (χ3n) is 8.88. The fourth-order valence-corrected chi connectivity index (χ4v) is 6.61. The molecule has 0 spiro atoms. The van der Waals surface area contributed by atoms with Gasteiger partial charge in [0.25, 0.3) is 0 Å². The van der Waals surface area contributed by atoms with Crippen LogP contribution in [0.5, 0.6) is 5.75 Å². The zero-order valence-electron chi connectivity index (χ0n) is 25.5. The van der Waals surface area contributed by atoms with E-state index in [2.05, 4.69) is 18.3 Å². The molecule has 7 nitrogen and oxygen atoms in total. The molecule has 0 heterocycles. The van der Waals surface area contributed by atoms with Crippen LogP contribution in [0, 0.1) is 5.92 Å². The topological polar surface area (TPSA) is 83.1 Å². The lowest BCUT2D eigenvalue weighted by Crippen LogP contribution is -2.57. The quantitative estimate of drug-likeness (QED) is 0.136. The minimum absolute atomic E-state index is 0.0401. The largest absolute Gasteiger partial charge is 0.445 e. The molecule has 0 aromatic heterocycles. The molecule has 230 valence electrons. The first-order valence-corrected chi connectivity index (χ1v) is 15.9. The van der Waals surface area contributed by atoms with Gasteiger partial charge in [0.2, 0.25) is 0 Å². The van der Waals surface area contributed by atoms with Gasteiger partial charge in [-0.25, -0.2) is 4.79 Å². The molecule has 1 fully saturated rings. The Hall–Kier alpha value is -2.90. The second-order valence-corrected chi connectivity index (χ2v) is 12.1. The number of amides is 1. The standard InChI is InChI=1S/C35H49NO6/c1-35-20-10-4-8-16-29(33(35)36-34(38)41-26-27-14-6-3-7-15-27)24-28-18-19-30(25-31(28)35)42-32(37)17-9-5-11-22-40-23-13-12-21-39-2/h3,6-7,14-15,18-19,25,29,33H,4-5,8-13,16-17,20-24,26H2,1-2H3,(H,36,38)/t29-,33-,35+/m0/s1. The maximum absolute atomic E-state index is 13.0. The molecule has 1 N–H and O–H groups in total. The lowest BCUT2D eigenvalue weighted by molar-refractivity contribution is -0.134. The van der Waals surface area contributed by atoms with Crippen LogP contribution >= 0.6 is 0 Å². The van der Waals surface area contributed by atoms with Crippen LogP contribution in [0.3, 0.4) is 0 Å². The molecular weight excluding hydrogens is 530 g/mol. The van der Waals surface area contributed by atoms with Gasteiger partial charge in [-0.15, -0.1) is 0 Å². The fraction of sp³-hybridized carbons (Fsp3) is 0.600. The number of fused-ring (bicyclic) bond motifs is 4. The molecule has 3 atom stereocenters. The van der Waals surface area contributed by atoms with E-state index in [1.54, 1.807) is 7.11 Å². The van der Waals surface area contributed by atoms with E-state index in [1.807, 2.05) is 42.5 Å². The van der Waals surface area contributed by atoms with Crippen LogP contribution in [0.2, 0.25) is 0 Å². The fourth-order valence-electron chi connectivity index (χ4n) is 6.61. The average molecular weight is 580 g/mol. The molecule has 2 aliphatic rings. The minimum atomic E-state index is -0.372. The van der Waals surface area contributed by atoms with Crippen molar-refractivity contribution >= 4 is 12.1 Å². The molecule has 0 aliphatic heterocycles. The second kappa shape index (κ2) is 16.7. The summed E-state index contributed by atoms with van der Waals surface area (Å²) in [4.78, 5) is 25.7. The molecule has 2 aromatic carbocycles. The summed E-state index contributed by atoms with van der Waals surface area (Å²) in [5, 5.41) is 3.28. The summed E-state index contributed by atoms with van der Waals surface area (Å²) in [6.07, 6.45) is 11.1. The Morgan fingerprint density at radius 1 is 0.929 bits per heavy atom. The number of carbonyl (C=O) groups is 2. The smallest absolute Gasteiger partial charge is 0.407 e. The predicted molar refractivity (Wildman–Crippen MR) is 164 cm³/mol. The van der Waals surface area contributed by atoms with E-state index in [0.717, 1.165) is 83.2 Å². The molecule has 2 aliphatic carbocycles. The third kappa shape index (κ3) is 9.30. The Bertz CT molecular complexity index is 1120. The van der Waals surface area contributed by atoms with Gasteiger partial charge < -0.3 is 24.3 Å². The van der Waals surface area contributed by atoms with Gasteiger partial charge >= 0.3 is 12.1 Å². The first-order valence-electron chi connectivity index (χ1n) is 15.9. The lowest BCUT2D eigenvalue weighted by Gasteiger charge is -2.49. The summed E-state index contributed by atoms with van der Waals surface area (Å²) in [5.41, 5.74) is 3.18. The van der Waals surface area contributed by atoms with Crippen molar-refractivity contribution in [1.82, 2.24) is 5.32 Å². The van der Waals surface area contributed by atoms with E-state index in [1.165, 1.54) is 24.0 Å². The van der Waals surface area contributed by atoms with E-state index in [-0.39, 0.29) is 30.1 Å². The normalized spacial score (nSPS) is 21.5. The van der Waals surface area contributed by atoms with Crippen LogP contribution in [0.15, 0.2) is 48.5 Å². The Balaban J connectivity index is 1.32. The summed E-state index contributed by atoms with van der Waals surface area (Å²) in [7, 11) is 1.71. The van der Waals surface area contributed by atoms with Gasteiger partial charge in [-0.3, -0.25) is 4.79 Å². The number of unbranched alkanes of at least 4 members (excludes halogenated alkanes) is 3. The molecule has 4 rings (SSSR count). The number of alkyl carbamates (subject to hydrolysis) is 1. The first-order chi connectivity index (χ1) is 20.5. The van der Waals surface area contributed by atoms with Crippen molar-refractivity contribution in [3.05, 3.63) is 65.2 Å². The van der Waals surface area contributed by atoms with Crippen molar-refractivity contribution in [1.29, 1.82) is 0 Å². The monoisotopic (exact) mass is 579 g/mol. The van der Waals surface area contributed by atoms with Crippen LogP contribution in [0.25, 0.3) is 0 Å². The molecule has 2 bridgehead atoms. The number of benzene rings is 2. The average Bonchev–Trinajstić information content (AvgIpc) is 2.99. The highest BCUT2D eigenvalue weighted by molar-refractivity contribution is 5.72. The molecule has 7 heteroatoms. The minimum Gasteiger partial charge on any atom is -0.445 e.